The Kier molecular flexibility index (Phi) is 4.60. The molecular weight excluding hydrogens is 230 g/mol. The van der Waals surface area contributed by atoms with E-state index in [-0.39, 0.29) is 0 Å². The normalized spacial score (nSPS) is 26.3. The number of hydrogen-bond acceptors (Lipinski definition) is 3. The van der Waals surface area contributed by atoms with Gasteiger partial charge in [0.05, 0.1) is 12.1 Å². The summed E-state index contributed by atoms with van der Waals surface area (Å²) in [5.74, 6) is 0.659. The lowest BCUT2D eigenvalue weighted by molar-refractivity contribution is 0.0618. The van der Waals surface area contributed by atoms with Crippen molar-refractivity contribution in [2.75, 3.05) is 13.2 Å². The highest BCUT2D eigenvalue weighted by molar-refractivity contribution is 7.12. The smallest absolute Gasteiger partial charge is 0.0804 e. The van der Waals surface area contributed by atoms with Crippen LogP contribution in [0.25, 0.3) is 0 Å². The van der Waals surface area contributed by atoms with Crippen LogP contribution in [0.1, 0.15) is 42.5 Å². The topological polar surface area (TPSA) is 21.3 Å². The predicted octanol–water partition coefficient (Wildman–Crippen LogP) is 3.52. The van der Waals surface area contributed by atoms with E-state index in [0.717, 1.165) is 13.2 Å². The van der Waals surface area contributed by atoms with Crippen LogP contribution in [0.15, 0.2) is 12.1 Å². The van der Waals surface area contributed by atoms with Crippen LogP contribution in [-0.2, 0) is 4.74 Å². The molecule has 0 spiro atoms. The maximum absolute atomic E-state index is 5.93. The van der Waals surface area contributed by atoms with E-state index < -0.39 is 0 Å². The zero-order valence-corrected chi connectivity index (χ0v) is 11.8. The molecule has 2 rings (SSSR count). The molecule has 1 aliphatic heterocycles. The summed E-state index contributed by atoms with van der Waals surface area (Å²) in [4.78, 5) is 2.81. The molecule has 1 saturated heterocycles. The molecule has 1 aromatic heterocycles. The first kappa shape index (κ1) is 13.1. The monoisotopic (exact) mass is 253 g/mol. The van der Waals surface area contributed by atoms with Crippen molar-refractivity contribution in [3.8, 4) is 0 Å². The van der Waals surface area contributed by atoms with Gasteiger partial charge in [-0.2, -0.15) is 0 Å². The largest absolute Gasteiger partial charge is 0.376 e. The molecule has 3 unspecified atom stereocenters. The highest BCUT2D eigenvalue weighted by Gasteiger charge is 2.33. The summed E-state index contributed by atoms with van der Waals surface area (Å²) in [6, 6.07) is 4.84. The van der Waals surface area contributed by atoms with Gasteiger partial charge in [0.2, 0.25) is 0 Å². The average Bonchev–Trinajstić information content (AvgIpc) is 2.90. The molecule has 0 amide bonds. The van der Waals surface area contributed by atoms with E-state index in [9.17, 15) is 0 Å². The summed E-state index contributed by atoms with van der Waals surface area (Å²) in [5, 5.41) is 3.66. The van der Waals surface area contributed by atoms with Crippen LogP contribution in [0.3, 0.4) is 0 Å². The molecule has 0 aliphatic carbocycles. The van der Waals surface area contributed by atoms with Crippen molar-refractivity contribution < 1.29 is 4.74 Å². The first-order valence-electron chi connectivity index (χ1n) is 6.63. The summed E-state index contributed by atoms with van der Waals surface area (Å²) in [6.07, 6.45) is 2.71. The van der Waals surface area contributed by atoms with Gasteiger partial charge in [0.1, 0.15) is 0 Å². The van der Waals surface area contributed by atoms with Crippen LogP contribution in [0.5, 0.6) is 0 Å². The molecule has 3 atom stereocenters. The Morgan fingerprint density at radius 3 is 2.88 bits per heavy atom. The number of thiophene rings is 1. The number of ether oxygens (including phenoxy) is 1. The molecule has 3 heteroatoms. The lowest BCUT2D eigenvalue weighted by Crippen LogP contribution is -2.34. The van der Waals surface area contributed by atoms with Crippen molar-refractivity contribution in [2.45, 2.75) is 45.8 Å². The highest BCUT2D eigenvalue weighted by atomic mass is 32.1. The lowest BCUT2D eigenvalue weighted by Gasteiger charge is -2.26. The first-order chi connectivity index (χ1) is 8.22. The van der Waals surface area contributed by atoms with Gasteiger partial charge >= 0.3 is 0 Å². The van der Waals surface area contributed by atoms with Gasteiger partial charge in [-0.15, -0.1) is 11.3 Å². The van der Waals surface area contributed by atoms with Gasteiger partial charge in [-0.05, 0) is 44.4 Å². The number of nitrogens with one attached hydrogen (secondary N) is 1. The van der Waals surface area contributed by atoms with Crippen molar-refractivity contribution in [3.63, 3.8) is 0 Å². The van der Waals surface area contributed by atoms with Crippen LogP contribution in [0.4, 0.5) is 0 Å². The number of aryl methyl sites for hydroxylation is 1. The van der Waals surface area contributed by atoms with Gasteiger partial charge < -0.3 is 10.1 Å². The number of hydrogen-bond donors (Lipinski definition) is 1. The summed E-state index contributed by atoms with van der Waals surface area (Å²) >= 11 is 1.89. The number of rotatable bonds is 5. The molecule has 0 radical (unpaired) electrons. The van der Waals surface area contributed by atoms with Crippen molar-refractivity contribution in [3.05, 3.63) is 21.9 Å². The van der Waals surface area contributed by atoms with E-state index in [1.807, 2.05) is 11.3 Å². The Balaban J connectivity index is 2.12. The molecule has 0 bridgehead atoms. The minimum Gasteiger partial charge on any atom is -0.376 e. The molecular formula is C14H23NOS. The second kappa shape index (κ2) is 5.98. The fraction of sp³-hybridized carbons (Fsp3) is 0.714. The molecule has 2 nitrogen and oxygen atoms in total. The molecule has 1 aromatic rings. The van der Waals surface area contributed by atoms with Gasteiger partial charge in [-0.25, -0.2) is 0 Å². The summed E-state index contributed by atoms with van der Waals surface area (Å²) in [5.41, 5.74) is 0. The SMILES string of the molecule is CCCNC(c1ccc(C)s1)C1OCCC1C. The van der Waals surface area contributed by atoms with E-state index in [2.05, 4.69) is 38.2 Å². The highest BCUT2D eigenvalue weighted by Crippen LogP contribution is 2.34. The van der Waals surface area contributed by atoms with Crippen LogP contribution in [-0.4, -0.2) is 19.3 Å². The van der Waals surface area contributed by atoms with Crippen LogP contribution in [0, 0.1) is 12.8 Å². The molecule has 1 fully saturated rings. The van der Waals surface area contributed by atoms with Crippen molar-refractivity contribution in [1.82, 2.24) is 5.32 Å². The Labute approximate surface area is 108 Å². The van der Waals surface area contributed by atoms with Gasteiger partial charge in [-0.1, -0.05) is 13.8 Å². The second-order valence-electron chi connectivity index (χ2n) is 4.98. The third-order valence-electron chi connectivity index (χ3n) is 3.45. The van der Waals surface area contributed by atoms with Crippen molar-refractivity contribution >= 4 is 11.3 Å². The third kappa shape index (κ3) is 3.09. The minimum absolute atomic E-state index is 0.347. The molecule has 0 saturated carbocycles. The van der Waals surface area contributed by atoms with Crippen molar-refractivity contribution in [2.24, 2.45) is 5.92 Å². The van der Waals surface area contributed by atoms with E-state index >= 15 is 0 Å². The minimum atomic E-state index is 0.347. The Bertz CT molecular complexity index is 350. The zero-order chi connectivity index (χ0) is 12.3. The fourth-order valence-corrected chi connectivity index (χ4v) is 3.43. The van der Waals surface area contributed by atoms with Crippen LogP contribution in [0.2, 0.25) is 0 Å². The van der Waals surface area contributed by atoms with E-state index in [1.54, 1.807) is 0 Å². The summed E-state index contributed by atoms with van der Waals surface area (Å²) in [7, 11) is 0. The van der Waals surface area contributed by atoms with Crippen LogP contribution < -0.4 is 5.32 Å². The lowest BCUT2D eigenvalue weighted by atomic mass is 9.96. The van der Waals surface area contributed by atoms with Crippen molar-refractivity contribution in [1.29, 1.82) is 0 Å². The second-order valence-corrected chi connectivity index (χ2v) is 6.30. The fourth-order valence-electron chi connectivity index (χ4n) is 2.44. The first-order valence-corrected chi connectivity index (χ1v) is 7.45. The van der Waals surface area contributed by atoms with Gasteiger partial charge in [-0.3, -0.25) is 0 Å². The van der Waals surface area contributed by atoms with E-state index in [1.165, 1.54) is 22.6 Å². The van der Waals surface area contributed by atoms with E-state index in [0.29, 0.717) is 18.1 Å². The average molecular weight is 253 g/mol. The van der Waals surface area contributed by atoms with Crippen LogP contribution >= 0.6 is 11.3 Å². The zero-order valence-electron chi connectivity index (χ0n) is 11.0. The molecule has 2 heterocycles. The molecule has 1 aliphatic rings. The Hall–Kier alpha value is -0.380. The van der Waals surface area contributed by atoms with Gasteiger partial charge in [0.15, 0.2) is 0 Å². The maximum Gasteiger partial charge on any atom is 0.0804 e. The summed E-state index contributed by atoms with van der Waals surface area (Å²) in [6.45, 7) is 8.67. The molecule has 1 N–H and O–H groups in total. The Morgan fingerprint density at radius 2 is 2.35 bits per heavy atom. The Morgan fingerprint density at radius 1 is 1.53 bits per heavy atom. The molecule has 0 aromatic carbocycles. The molecule has 96 valence electrons. The third-order valence-corrected chi connectivity index (χ3v) is 4.54. The quantitative estimate of drug-likeness (QED) is 0.867. The maximum atomic E-state index is 5.93. The predicted molar refractivity (Wildman–Crippen MR) is 73.6 cm³/mol. The van der Waals surface area contributed by atoms with Gasteiger partial charge in [0.25, 0.3) is 0 Å². The molecule has 17 heavy (non-hydrogen) atoms. The van der Waals surface area contributed by atoms with Gasteiger partial charge in [0, 0.05) is 16.4 Å². The van der Waals surface area contributed by atoms with E-state index in [4.69, 9.17) is 4.74 Å². The summed E-state index contributed by atoms with van der Waals surface area (Å²) < 4.78 is 5.93. The standard InChI is InChI=1S/C14H23NOS/c1-4-8-15-13(12-6-5-11(3)17-12)14-10(2)7-9-16-14/h5-6,10,13-15H,4,7-9H2,1-3H3.